The summed E-state index contributed by atoms with van der Waals surface area (Å²) in [7, 11) is -2.80. The summed E-state index contributed by atoms with van der Waals surface area (Å²) >= 11 is 0. The molecule has 0 unspecified atom stereocenters. The summed E-state index contributed by atoms with van der Waals surface area (Å²) in [6.07, 6.45) is -4.48. The van der Waals surface area contributed by atoms with E-state index in [0.29, 0.717) is 16.8 Å². The summed E-state index contributed by atoms with van der Waals surface area (Å²) < 4.78 is 83.7. The van der Waals surface area contributed by atoms with Gasteiger partial charge in [0.25, 0.3) is 15.9 Å². The minimum Gasteiger partial charge on any atom is -0.481 e. The van der Waals surface area contributed by atoms with E-state index < -0.39 is 33.5 Å². The zero-order chi connectivity index (χ0) is 27.4. The molecule has 12 heteroatoms. The second-order valence-electron chi connectivity index (χ2n) is 7.73. The molecule has 37 heavy (non-hydrogen) atoms. The third-order valence-electron chi connectivity index (χ3n) is 5.28. The third-order valence-corrected chi connectivity index (χ3v) is 7.21. The molecule has 1 aromatic heterocycles. The number of sulfonamides is 1. The molecule has 0 spiro atoms. The first kappa shape index (κ1) is 27.7. The Morgan fingerprint density at radius 3 is 2.24 bits per heavy atom. The fourth-order valence-electron chi connectivity index (χ4n) is 3.38. The highest BCUT2D eigenvalue weighted by Crippen LogP contribution is 2.31. The van der Waals surface area contributed by atoms with E-state index in [1.807, 2.05) is 0 Å². The van der Waals surface area contributed by atoms with Gasteiger partial charge >= 0.3 is 6.18 Å². The number of nitrogens with one attached hydrogen (secondary N) is 1. The first-order valence-electron chi connectivity index (χ1n) is 10.8. The van der Waals surface area contributed by atoms with Gasteiger partial charge in [0.2, 0.25) is 5.88 Å². The Labute approximate surface area is 211 Å². The van der Waals surface area contributed by atoms with Crippen LogP contribution < -0.4 is 10.1 Å². The number of halogens is 4. The second-order valence-corrected chi connectivity index (χ2v) is 9.59. The summed E-state index contributed by atoms with van der Waals surface area (Å²) in [6, 6.07) is 11.6. The normalized spacial score (nSPS) is 11.6. The van der Waals surface area contributed by atoms with Gasteiger partial charge in [-0.1, -0.05) is 18.7 Å². The van der Waals surface area contributed by atoms with Gasteiger partial charge in [0.1, 0.15) is 11.5 Å². The molecule has 196 valence electrons. The van der Waals surface area contributed by atoms with E-state index in [-0.39, 0.29) is 29.6 Å². The van der Waals surface area contributed by atoms with Gasteiger partial charge in [0, 0.05) is 24.7 Å². The zero-order valence-corrected chi connectivity index (χ0v) is 20.7. The Morgan fingerprint density at radius 2 is 1.70 bits per heavy atom. The van der Waals surface area contributed by atoms with E-state index in [1.54, 1.807) is 6.07 Å². The largest absolute Gasteiger partial charge is 0.481 e. The SMILES string of the molecule is C=C(C(=O)NCc1cc(OC)nc(-c2ccc(C(F)(F)F)cc2)c1)N(CC)S(=O)(=O)c1ccc(F)cc1. The Morgan fingerprint density at radius 1 is 1.08 bits per heavy atom. The summed E-state index contributed by atoms with van der Waals surface area (Å²) in [5.74, 6) is -1.23. The number of carbonyl (C=O) groups is 1. The smallest absolute Gasteiger partial charge is 0.416 e. The molecule has 0 fully saturated rings. The molecule has 3 aromatic rings. The maximum atomic E-state index is 13.2. The van der Waals surface area contributed by atoms with Crippen molar-refractivity contribution in [1.82, 2.24) is 14.6 Å². The van der Waals surface area contributed by atoms with E-state index >= 15 is 0 Å². The lowest BCUT2D eigenvalue weighted by molar-refractivity contribution is -0.137. The van der Waals surface area contributed by atoms with Gasteiger partial charge in [-0.3, -0.25) is 9.10 Å². The molecule has 0 saturated heterocycles. The lowest BCUT2D eigenvalue weighted by atomic mass is 10.1. The maximum absolute atomic E-state index is 13.2. The summed E-state index contributed by atoms with van der Waals surface area (Å²) in [5, 5.41) is 2.57. The van der Waals surface area contributed by atoms with Crippen LogP contribution in [0.3, 0.4) is 0 Å². The van der Waals surface area contributed by atoms with Crippen molar-refractivity contribution in [2.75, 3.05) is 13.7 Å². The van der Waals surface area contributed by atoms with Crippen LogP contribution >= 0.6 is 0 Å². The maximum Gasteiger partial charge on any atom is 0.416 e. The zero-order valence-electron chi connectivity index (χ0n) is 19.8. The van der Waals surface area contributed by atoms with E-state index in [4.69, 9.17) is 4.74 Å². The Kier molecular flexibility index (Phi) is 8.22. The van der Waals surface area contributed by atoms with E-state index in [2.05, 4.69) is 16.9 Å². The first-order chi connectivity index (χ1) is 17.4. The van der Waals surface area contributed by atoms with Gasteiger partial charge in [-0.2, -0.15) is 13.2 Å². The number of rotatable bonds is 9. The molecule has 0 saturated carbocycles. The summed E-state index contributed by atoms with van der Waals surface area (Å²) in [4.78, 5) is 16.8. The van der Waals surface area contributed by atoms with Crippen LogP contribution in [-0.4, -0.2) is 37.3 Å². The van der Waals surface area contributed by atoms with Crippen LogP contribution in [0.5, 0.6) is 5.88 Å². The number of aromatic nitrogens is 1. The number of hydrogen-bond donors (Lipinski definition) is 1. The number of hydrogen-bond acceptors (Lipinski definition) is 5. The molecule has 3 rings (SSSR count). The van der Waals surface area contributed by atoms with E-state index in [1.165, 1.54) is 32.2 Å². The average molecular weight is 538 g/mol. The number of nitrogens with zero attached hydrogens (tertiary/aromatic N) is 2. The minimum atomic E-state index is -4.48. The Bertz CT molecular complexity index is 1390. The fraction of sp³-hybridized carbons (Fsp3) is 0.200. The van der Waals surface area contributed by atoms with Crippen molar-refractivity contribution < 1.29 is 35.5 Å². The van der Waals surface area contributed by atoms with Crippen molar-refractivity contribution in [2.45, 2.75) is 24.5 Å². The van der Waals surface area contributed by atoms with Crippen molar-refractivity contribution in [1.29, 1.82) is 0 Å². The van der Waals surface area contributed by atoms with Crippen LogP contribution in [0.2, 0.25) is 0 Å². The van der Waals surface area contributed by atoms with Gasteiger partial charge in [-0.25, -0.2) is 17.8 Å². The number of alkyl halides is 3. The number of benzene rings is 2. The van der Waals surface area contributed by atoms with Crippen molar-refractivity contribution in [3.05, 3.63) is 89.9 Å². The van der Waals surface area contributed by atoms with Crippen LogP contribution in [-0.2, 0) is 27.5 Å². The standard InChI is InChI=1S/C25H23F4N3O4S/c1-4-32(37(34,35)21-11-9-20(26)10-12-21)16(2)24(33)30-15-17-13-22(31-23(14-17)36-3)18-5-7-19(8-6-18)25(27,28)29/h5-14H,2,4,15H2,1,3H3,(H,30,33). The predicted molar refractivity (Wildman–Crippen MR) is 128 cm³/mol. The van der Waals surface area contributed by atoms with Gasteiger partial charge in [-0.15, -0.1) is 0 Å². The molecular weight excluding hydrogens is 514 g/mol. The van der Waals surface area contributed by atoms with Crippen LogP contribution in [0, 0.1) is 5.82 Å². The third kappa shape index (κ3) is 6.45. The first-order valence-corrected chi connectivity index (χ1v) is 12.3. The number of pyridine rings is 1. The molecule has 1 amide bonds. The Hall–Kier alpha value is -3.93. The van der Waals surface area contributed by atoms with Crippen molar-refractivity contribution in [3.8, 4) is 17.1 Å². The monoisotopic (exact) mass is 537 g/mol. The molecule has 0 aliphatic heterocycles. The number of methoxy groups -OCH3 is 1. The lowest BCUT2D eigenvalue weighted by Gasteiger charge is -2.24. The molecule has 2 aromatic carbocycles. The van der Waals surface area contributed by atoms with Crippen molar-refractivity contribution in [2.24, 2.45) is 0 Å². The van der Waals surface area contributed by atoms with Gasteiger partial charge in [0.05, 0.1) is 23.3 Å². The molecule has 0 aliphatic carbocycles. The number of likely N-dealkylation sites (N-methyl/N-ethyl adjacent to an activating group) is 1. The highest BCUT2D eigenvalue weighted by Gasteiger charge is 2.30. The summed E-state index contributed by atoms with van der Waals surface area (Å²) in [6.45, 7) is 4.93. The quantitative estimate of drug-likeness (QED) is 0.314. The molecule has 0 atom stereocenters. The van der Waals surface area contributed by atoms with Gasteiger partial charge < -0.3 is 10.1 Å². The van der Waals surface area contributed by atoms with Crippen LogP contribution in [0.15, 0.2) is 77.8 Å². The van der Waals surface area contributed by atoms with Crippen LogP contribution in [0.1, 0.15) is 18.1 Å². The molecule has 0 aliphatic rings. The van der Waals surface area contributed by atoms with Crippen LogP contribution in [0.25, 0.3) is 11.3 Å². The lowest BCUT2D eigenvalue weighted by Crippen LogP contribution is -2.38. The molecule has 7 nitrogen and oxygen atoms in total. The number of carbonyl (C=O) groups excluding carboxylic acids is 1. The Balaban J connectivity index is 1.78. The molecule has 0 bridgehead atoms. The number of ether oxygens (including phenoxy) is 1. The minimum absolute atomic E-state index is 0.0848. The van der Waals surface area contributed by atoms with Gasteiger partial charge in [-0.05, 0) is 55.0 Å². The molecule has 1 heterocycles. The van der Waals surface area contributed by atoms with Crippen molar-refractivity contribution >= 4 is 15.9 Å². The summed E-state index contributed by atoms with van der Waals surface area (Å²) in [5.41, 5.74) is 0.0426. The van der Waals surface area contributed by atoms with Gasteiger partial charge in [0.15, 0.2) is 0 Å². The predicted octanol–water partition coefficient (Wildman–Crippen LogP) is 4.76. The van der Waals surface area contributed by atoms with E-state index in [9.17, 15) is 30.8 Å². The highest BCUT2D eigenvalue weighted by atomic mass is 32.2. The molecule has 1 N–H and O–H groups in total. The van der Waals surface area contributed by atoms with Crippen molar-refractivity contribution in [3.63, 3.8) is 0 Å². The topological polar surface area (TPSA) is 88.6 Å². The molecule has 0 radical (unpaired) electrons. The van der Waals surface area contributed by atoms with Crippen LogP contribution in [0.4, 0.5) is 17.6 Å². The molecular formula is C25H23F4N3O4S. The highest BCUT2D eigenvalue weighted by molar-refractivity contribution is 7.89. The van der Waals surface area contributed by atoms with E-state index in [0.717, 1.165) is 40.7 Å². The number of amides is 1. The average Bonchev–Trinajstić information content (AvgIpc) is 2.87. The second kappa shape index (κ2) is 11.0. The fourth-order valence-corrected chi connectivity index (χ4v) is 4.83.